The molecule has 11 aliphatic rings. The van der Waals surface area contributed by atoms with Gasteiger partial charge in [-0.25, -0.2) is 39.9 Å². The molecule has 140 heavy (non-hydrogen) atoms. The average Bonchev–Trinajstić information content (AvgIpc) is 1.60. The highest BCUT2D eigenvalue weighted by Crippen LogP contribution is 2.49. The van der Waals surface area contributed by atoms with Gasteiger partial charge >= 0.3 is 10.4 Å². The molecular formula is C91H136Cl3N15O29SSi. The monoisotopic (exact) mass is 2070 g/mol. The third-order valence-electron chi connectivity index (χ3n) is 24.7. The normalized spacial score (nSPS) is 31.2. The van der Waals surface area contributed by atoms with Crippen molar-refractivity contribution in [1.82, 2.24) is 63.5 Å². The number of nitrogens with zero attached hydrogens (tertiary/aromatic N) is 12. The molecule has 8 aromatic heterocycles. The zero-order valence-corrected chi connectivity index (χ0v) is 86.3. The predicted octanol–water partition coefficient (Wildman–Crippen LogP) is 9.65. The molecule has 11 fully saturated rings. The molecule has 0 bridgehead atoms. The molecule has 11 aliphatic heterocycles. The number of ether oxygens (including phenoxy) is 16. The van der Waals surface area contributed by atoms with E-state index in [0.29, 0.717) is 43.8 Å². The molecule has 9 aromatic rings. The smallest absolute Gasteiger partial charge is 0.394 e. The van der Waals surface area contributed by atoms with Crippen molar-refractivity contribution in [3.63, 3.8) is 0 Å². The third-order valence-corrected chi connectivity index (χ3v) is 30.6. The van der Waals surface area contributed by atoms with Crippen LogP contribution in [-0.2, 0) is 86.2 Å². The van der Waals surface area contributed by atoms with Gasteiger partial charge < -0.3 is 151 Å². The van der Waals surface area contributed by atoms with E-state index in [1.54, 1.807) is 32.2 Å². The van der Waals surface area contributed by atoms with Crippen molar-refractivity contribution in [2.75, 3.05) is 50.5 Å². The van der Waals surface area contributed by atoms with Crippen molar-refractivity contribution in [3.8, 4) is 0 Å². The molecule has 14 N–H and O–H groups in total. The van der Waals surface area contributed by atoms with Gasteiger partial charge in [0.05, 0.1) is 59.7 Å². The van der Waals surface area contributed by atoms with E-state index < -0.39 is 115 Å². The van der Waals surface area contributed by atoms with E-state index in [4.69, 9.17) is 154 Å². The molecule has 0 radical (unpaired) electrons. The number of halogens is 3. The number of anilines is 2. The maximum Gasteiger partial charge on any atom is 0.394 e. The second-order valence-corrected chi connectivity index (χ2v) is 46.9. The van der Waals surface area contributed by atoms with Gasteiger partial charge in [0, 0.05) is 30.4 Å². The number of hydrogen-bond acceptors (Lipinski definition) is 37. The van der Waals surface area contributed by atoms with Crippen LogP contribution in [0.25, 0.3) is 44.1 Å². The Balaban J connectivity index is 0.000000155. The van der Waals surface area contributed by atoms with E-state index >= 15 is 0 Å². The number of nitrogens with one attached hydrogen (secondary N) is 2. The second-order valence-electron chi connectivity index (χ2n) is 38.0. The largest absolute Gasteiger partial charge is 0.394 e. The fourth-order valence-corrected chi connectivity index (χ4v) is 17.4. The number of H-pyrrole nitrogens is 1. The second kappa shape index (κ2) is 47.2. The highest BCUT2D eigenvalue weighted by atomic mass is 35.6. The Kier molecular flexibility index (Phi) is 38.2. The van der Waals surface area contributed by atoms with E-state index in [-0.39, 0.29) is 105 Å². The number of aliphatic hydroxyl groups excluding tert-OH is 8. The summed E-state index contributed by atoms with van der Waals surface area (Å²) in [5.74, 6) is -2.60. The number of aromatic amines is 1. The first-order valence-electron chi connectivity index (χ1n) is 46.4. The summed E-state index contributed by atoms with van der Waals surface area (Å²) in [7, 11) is -6.05. The van der Waals surface area contributed by atoms with Crippen molar-refractivity contribution < 1.29 is 139 Å². The van der Waals surface area contributed by atoms with Crippen molar-refractivity contribution in [1.29, 1.82) is 0 Å². The van der Waals surface area contributed by atoms with Gasteiger partial charge in [0.25, 0.3) is 5.91 Å². The molecule has 0 spiro atoms. The Morgan fingerprint density at radius 3 is 1.19 bits per heavy atom. The Morgan fingerprint density at radius 2 is 0.793 bits per heavy atom. The SMILES string of the molecule is CC(C)(C)[Si](C)(C)Cl.CC1(C)OC2[C@@H](CO)O[C@@H](n3ccc4c(N)ncnc43)[C@H]2O1.CC1(C)OC2[C@H](O1)C(O)O[C@@H]2CO.CCN(CC)CC.CC[C@H]1OC(O)[C@H]2OC(C)(C)OC21.CC[C@H]1O[C@@H](n2ccc3c(Cl)ncnc32)[C@H]2OC(C)(C)OC12.CC[C@H]1O[C@@H](n2ccc3c(NC(=O)c4ccccc4)ncnc32)[C@H]2OC(C)(C)OC12.Clc1ncnc2[nH]ccc12.O=S(=O)(O)O.OC[C@H]1OC(O)[C@@H](O)C1O. The van der Waals surface area contributed by atoms with Gasteiger partial charge in [-0.05, 0) is 150 Å². The first kappa shape index (κ1) is 113. The van der Waals surface area contributed by atoms with E-state index in [9.17, 15) is 20.1 Å². The minimum atomic E-state index is -4.67. The van der Waals surface area contributed by atoms with Gasteiger partial charge in [-0.2, -0.15) is 19.5 Å². The fourth-order valence-electron chi connectivity index (χ4n) is 17.0. The van der Waals surface area contributed by atoms with Crippen LogP contribution in [0, 0.1) is 0 Å². The van der Waals surface area contributed by atoms with Gasteiger partial charge in [0.15, 0.2) is 73.9 Å². The maximum absolute atomic E-state index is 12.6. The van der Waals surface area contributed by atoms with E-state index in [0.717, 1.165) is 52.1 Å². The van der Waals surface area contributed by atoms with Crippen LogP contribution < -0.4 is 11.1 Å². The lowest BCUT2D eigenvalue weighted by Crippen LogP contribution is -2.33. The first-order valence-corrected chi connectivity index (χ1v) is 52.5. The molecule has 44 nitrogen and oxygen atoms in total. The maximum atomic E-state index is 12.6. The molecule has 19 heterocycles. The Bertz CT molecular complexity index is 5420. The number of fused-ring (bicyclic) bond motifs is 9. The molecular weight excluding hydrogens is 1930 g/mol. The van der Waals surface area contributed by atoms with Crippen molar-refractivity contribution in [3.05, 3.63) is 121 Å². The number of aromatic nitrogens is 12. The number of nitrogens with two attached hydrogens (primary N) is 1. The molecule has 1 amide bonds. The molecule has 9 unspecified atom stereocenters. The van der Waals surface area contributed by atoms with Gasteiger partial charge in [-0.1, -0.05) is 117 Å². The number of carbonyl (C=O) groups is 1. The summed E-state index contributed by atoms with van der Waals surface area (Å²) in [6.07, 6.45) is 4.50. The van der Waals surface area contributed by atoms with Gasteiger partial charge in [0.2, 0.25) is 0 Å². The van der Waals surface area contributed by atoms with Gasteiger partial charge in [0.1, 0.15) is 161 Å². The molecule has 0 aliphatic carbocycles. The number of hydrogen-bond donors (Lipinski definition) is 13. The van der Waals surface area contributed by atoms with E-state index in [1.165, 1.54) is 44.9 Å². The van der Waals surface area contributed by atoms with Crippen LogP contribution in [0.4, 0.5) is 11.6 Å². The molecule has 11 saturated heterocycles. The molecule has 24 atom stereocenters. The Morgan fingerprint density at radius 1 is 0.457 bits per heavy atom. The molecule has 1 aromatic carbocycles. The van der Waals surface area contributed by atoms with Crippen LogP contribution in [-0.4, -0.2) is 332 Å². The number of rotatable bonds is 14. The number of amides is 1. The molecule has 49 heteroatoms. The predicted molar refractivity (Wildman–Crippen MR) is 514 cm³/mol. The van der Waals surface area contributed by atoms with E-state index in [2.05, 4.69) is 128 Å². The topological polar surface area (TPSA) is 576 Å². The molecule has 0 saturated carbocycles. The Labute approximate surface area is 827 Å². The number of aliphatic hydroxyl groups is 8. The van der Waals surface area contributed by atoms with Crippen LogP contribution >= 0.6 is 34.3 Å². The van der Waals surface area contributed by atoms with Crippen LogP contribution in [0.15, 0.2) is 105 Å². The quantitative estimate of drug-likeness (QED) is 0.0208. The zero-order chi connectivity index (χ0) is 103. The van der Waals surface area contributed by atoms with Gasteiger partial charge in [-0.3, -0.25) is 13.9 Å². The Hall–Kier alpha value is -7.07. The summed E-state index contributed by atoms with van der Waals surface area (Å²) in [6.45, 7) is 45.2. The summed E-state index contributed by atoms with van der Waals surface area (Å²) in [4.78, 5) is 51.0. The first-order chi connectivity index (χ1) is 65.7. The number of nitrogen functional groups attached to an aromatic ring is 1. The highest BCUT2D eigenvalue weighted by Gasteiger charge is 2.60. The number of benzene rings is 1. The lowest BCUT2D eigenvalue weighted by molar-refractivity contribution is -0.223. The van der Waals surface area contributed by atoms with Crippen molar-refractivity contribution in [2.24, 2.45) is 0 Å². The van der Waals surface area contributed by atoms with E-state index in [1.807, 2.05) is 137 Å². The zero-order valence-electron chi connectivity index (χ0n) is 82.3. The van der Waals surface area contributed by atoms with Crippen LogP contribution in [0.2, 0.25) is 28.4 Å². The third kappa shape index (κ3) is 27.6. The molecule has 780 valence electrons. The summed E-state index contributed by atoms with van der Waals surface area (Å²) in [5, 5.41) is 79.6. The minimum absolute atomic E-state index is 0.00605. The lowest BCUT2D eigenvalue weighted by atomic mass is 10.1. The highest BCUT2D eigenvalue weighted by molar-refractivity contribution is 7.79. The fraction of sp³-hybridized carbons (Fsp3) is 0.659. The summed E-state index contributed by atoms with van der Waals surface area (Å²) in [5.41, 5.74) is 9.30. The average molecular weight is 2070 g/mol. The lowest BCUT2D eigenvalue weighted by Gasteiger charge is -2.29. The molecule has 20 rings (SSSR count). The summed E-state index contributed by atoms with van der Waals surface area (Å²) < 4.78 is 129. The van der Waals surface area contributed by atoms with Crippen LogP contribution in [0.5, 0.6) is 0 Å². The van der Waals surface area contributed by atoms with Crippen molar-refractivity contribution >= 4 is 114 Å². The van der Waals surface area contributed by atoms with Crippen LogP contribution in [0.3, 0.4) is 0 Å². The van der Waals surface area contributed by atoms with Crippen molar-refractivity contribution in [2.45, 2.75) is 345 Å². The van der Waals surface area contributed by atoms with Crippen LogP contribution in [0.1, 0.15) is 180 Å². The number of carbonyl (C=O) groups excluding carboxylic acids is 1. The standard InChI is InChI=1S/C22H24N4O4.C15H18ClN3O3.C14H18N4O4.C9H16O4.C8H14O5.C6H4ClN3.C6H15ClSi.C6H15N.C5H10O5.H2O4S/c1-4-15-16-17(30-22(2,3)29-16)21(28-15)26-11-10-14-18(23-12-24-19(14)26)25-20(27)13-8-6-5-7-9-13;1-4-9-10-11(22-15(2,3)21-10)14(20-9)19-6-5-8-12(16)17-7-18-13(8)19;1-14(2)21-9-8(5-19)20-13(10(9)22-14)18-4-3-7-11(15)16-6-17-12(7)18;1-4-5-6-7(8(10)11-5)13-9(2,3)12-6;1-8(2)12-5-4(3-9)11-7(10)6(5)13-8;7-5-4-1-2-8-6(4)10-3-9-5;1-6(2,3)8(4,5)7;1-4-7(5-2)6-3;6-1-2-3(7)4(8)5(9)10-2;1-5(2,3)4/h5-12,15-17,21H,4H2,1-3H3,(H,23,24,25,27);5-7,9-11,14H,4H2,1-3H3;3-4,6,8-10,13,19H,5H2,1-2H3,(H2,15,16,17);5-8,10H,4H2,1-3H3;4-7,9-10H,3H2,1-2H3;1-3H,(H,8,9,10);1-5H3;4-6H2,1-3H3;2-9H,1H2;(H2,1,2,3,4)/t15-,16?,17+,21-;9-,10?,11+,14-;8-,9?,10+,13-;5-,6?,7+,8?;4-,5?,6+,7?;;;;2-,3?,4+,5?;/m11111...1./s1. The summed E-state index contributed by atoms with van der Waals surface area (Å²) >= 11 is 18.0. The van der Waals surface area contributed by atoms with Gasteiger partial charge in [-0.15, -0.1) is 0 Å². The minimum Gasteiger partial charge on any atom is -0.394 e. The summed E-state index contributed by atoms with van der Waals surface area (Å²) in [6, 6.07) is 16.5.